The molecule has 0 atom stereocenters. The molecule has 0 spiro atoms. The quantitative estimate of drug-likeness (QED) is 0.748. The van der Waals surface area contributed by atoms with Crippen LogP contribution < -0.4 is 4.43 Å². The van der Waals surface area contributed by atoms with Gasteiger partial charge in [-0.1, -0.05) is 0 Å². The van der Waals surface area contributed by atoms with Gasteiger partial charge in [0, 0.05) is 16.7 Å². The van der Waals surface area contributed by atoms with Gasteiger partial charge in [0.2, 0.25) is 8.32 Å². The van der Waals surface area contributed by atoms with Crippen LogP contribution in [0.15, 0.2) is 22.8 Å². The van der Waals surface area contributed by atoms with E-state index in [4.69, 9.17) is 4.43 Å². The smallest absolute Gasteiger partial charge is 0.244 e. The summed E-state index contributed by atoms with van der Waals surface area (Å²) >= 11 is 3.32. The van der Waals surface area contributed by atoms with E-state index < -0.39 is 8.32 Å². The maximum Gasteiger partial charge on any atom is 0.244 e. The van der Waals surface area contributed by atoms with E-state index in [9.17, 15) is 0 Å². The summed E-state index contributed by atoms with van der Waals surface area (Å²) in [5.41, 5.74) is 0. The normalized spacial score (nSPS) is 11.3. The van der Waals surface area contributed by atoms with Crippen LogP contribution in [0.5, 0.6) is 5.88 Å². The van der Waals surface area contributed by atoms with Crippen molar-refractivity contribution >= 4 is 24.2 Å². The minimum atomic E-state index is -1.49. The van der Waals surface area contributed by atoms with E-state index in [0.29, 0.717) is 0 Å². The Kier molecular flexibility index (Phi) is 2.90. The molecule has 0 bridgehead atoms. The van der Waals surface area contributed by atoms with E-state index in [1.807, 2.05) is 12.1 Å². The summed E-state index contributed by atoms with van der Waals surface area (Å²) in [6, 6.07) is 3.81. The second kappa shape index (κ2) is 3.58. The van der Waals surface area contributed by atoms with Crippen molar-refractivity contribution in [2.45, 2.75) is 19.6 Å². The molecule has 1 aromatic rings. The van der Waals surface area contributed by atoms with E-state index in [2.05, 4.69) is 40.6 Å². The third-order valence-corrected chi connectivity index (χ3v) is 2.40. The standard InChI is InChI=1S/C8H12BrNOSi/c1-12(2,3)11-8-5-4-7(9)6-10-8/h4-6H,1-3H3. The predicted molar refractivity (Wildman–Crippen MR) is 55.9 cm³/mol. The molecule has 1 aromatic heterocycles. The Labute approximate surface area is 82.2 Å². The summed E-state index contributed by atoms with van der Waals surface area (Å²) in [7, 11) is -1.49. The molecule has 0 saturated heterocycles. The molecule has 66 valence electrons. The molecule has 4 heteroatoms. The minimum Gasteiger partial charge on any atom is -0.531 e. The molecule has 0 aliphatic rings. The van der Waals surface area contributed by atoms with Gasteiger partial charge in [-0.25, -0.2) is 4.98 Å². The van der Waals surface area contributed by atoms with Gasteiger partial charge in [0.15, 0.2) is 5.88 Å². The van der Waals surface area contributed by atoms with Crippen molar-refractivity contribution in [3.63, 3.8) is 0 Å². The van der Waals surface area contributed by atoms with E-state index in [-0.39, 0.29) is 0 Å². The molecule has 1 rings (SSSR count). The van der Waals surface area contributed by atoms with Gasteiger partial charge in [-0.2, -0.15) is 0 Å². The highest BCUT2D eigenvalue weighted by molar-refractivity contribution is 9.10. The van der Waals surface area contributed by atoms with Crippen molar-refractivity contribution in [1.29, 1.82) is 0 Å². The van der Waals surface area contributed by atoms with E-state index >= 15 is 0 Å². The Morgan fingerprint density at radius 2 is 2.00 bits per heavy atom. The third-order valence-electron chi connectivity index (χ3n) is 1.11. The van der Waals surface area contributed by atoms with Crippen LogP contribution in [-0.2, 0) is 0 Å². The largest absolute Gasteiger partial charge is 0.531 e. The molecule has 0 saturated carbocycles. The van der Waals surface area contributed by atoms with Crippen LogP contribution in [0, 0.1) is 0 Å². The zero-order chi connectivity index (χ0) is 9.19. The van der Waals surface area contributed by atoms with Crippen LogP contribution in [0.3, 0.4) is 0 Å². The first-order valence-electron chi connectivity index (χ1n) is 3.78. The average molecular weight is 246 g/mol. The van der Waals surface area contributed by atoms with Gasteiger partial charge in [-0.15, -0.1) is 0 Å². The Bertz CT molecular complexity index is 255. The maximum absolute atomic E-state index is 5.66. The van der Waals surface area contributed by atoms with Crippen molar-refractivity contribution in [3.8, 4) is 5.88 Å². The van der Waals surface area contributed by atoms with Crippen LogP contribution in [0.4, 0.5) is 0 Å². The fourth-order valence-corrected chi connectivity index (χ4v) is 1.72. The molecular weight excluding hydrogens is 234 g/mol. The second-order valence-corrected chi connectivity index (χ2v) is 8.87. The van der Waals surface area contributed by atoms with Crippen molar-refractivity contribution in [1.82, 2.24) is 4.98 Å². The number of hydrogen-bond acceptors (Lipinski definition) is 2. The van der Waals surface area contributed by atoms with Crippen LogP contribution in [0.1, 0.15) is 0 Å². The molecule has 0 N–H and O–H groups in total. The van der Waals surface area contributed by atoms with Crippen molar-refractivity contribution in [2.24, 2.45) is 0 Å². The molecule has 0 aliphatic carbocycles. The summed E-state index contributed by atoms with van der Waals surface area (Å²) in [4.78, 5) is 4.13. The number of pyridine rings is 1. The number of halogens is 1. The van der Waals surface area contributed by atoms with Gasteiger partial charge in [0.25, 0.3) is 0 Å². The van der Waals surface area contributed by atoms with Crippen LogP contribution in [0.25, 0.3) is 0 Å². The van der Waals surface area contributed by atoms with E-state index in [1.165, 1.54) is 0 Å². The highest BCUT2D eigenvalue weighted by Gasteiger charge is 2.16. The Morgan fingerprint density at radius 3 is 2.42 bits per heavy atom. The summed E-state index contributed by atoms with van der Waals surface area (Å²) in [6.07, 6.45) is 1.75. The lowest BCUT2D eigenvalue weighted by Crippen LogP contribution is -2.29. The molecule has 0 aromatic carbocycles. The predicted octanol–water partition coefficient (Wildman–Crippen LogP) is 3.06. The van der Waals surface area contributed by atoms with Crippen molar-refractivity contribution < 1.29 is 4.43 Å². The van der Waals surface area contributed by atoms with Gasteiger partial charge in [-0.05, 0) is 41.6 Å². The van der Waals surface area contributed by atoms with Gasteiger partial charge in [0.05, 0.1) is 0 Å². The Hall–Kier alpha value is -0.353. The highest BCUT2D eigenvalue weighted by atomic mass is 79.9. The van der Waals surface area contributed by atoms with Crippen molar-refractivity contribution in [2.75, 3.05) is 0 Å². The van der Waals surface area contributed by atoms with Crippen LogP contribution in [0.2, 0.25) is 19.6 Å². The summed E-state index contributed by atoms with van der Waals surface area (Å²) in [6.45, 7) is 6.41. The lowest BCUT2D eigenvalue weighted by molar-refractivity contribution is 0.534. The molecule has 0 aliphatic heterocycles. The number of hydrogen-bond donors (Lipinski definition) is 0. The maximum atomic E-state index is 5.66. The highest BCUT2D eigenvalue weighted by Crippen LogP contribution is 2.15. The molecule has 0 amide bonds. The second-order valence-electron chi connectivity index (χ2n) is 3.53. The van der Waals surface area contributed by atoms with Gasteiger partial charge >= 0.3 is 0 Å². The van der Waals surface area contributed by atoms with E-state index in [1.54, 1.807) is 6.20 Å². The van der Waals surface area contributed by atoms with Gasteiger partial charge in [-0.3, -0.25) is 0 Å². The fraction of sp³-hybridized carbons (Fsp3) is 0.375. The first-order chi connectivity index (χ1) is 5.47. The number of aromatic nitrogens is 1. The van der Waals surface area contributed by atoms with Crippen LogP contribution in [-0.4, -0.2) is 13.3 Å². The summed E-state index contributed by atoms with van der Waals surface area (Å²) in [5.74, 6) is 0.720. The first kappa shape index (κ1) is 9.73. The molecular formula is C8H12BrNOSi. The molecule has 12 heavy (non-hydrogen) atoms. The lowest BCUT2D eigenvalue weighted by Gasteiger charge is -2.17. The van der Waals surface area contributed by atoms with Crippen LogP contribution >= 0.6 is 15.9 Å². The first-order valence-corrected chi connectivity index (χ1v) is 7.98. The lowest BCUT2D eigenvalue weighted by atomic mass is 10.5. The summed E-state index contributed by atoms with van der Waals surface area (Å²) in [5, 5.41) is 0. The average Bonchev–Trinajstić information content (AvgIpc) is 1.91. The topological polar surface area (TPSA) is 22.1 Å². The molecule has 2 nitrogen and oxygen atoms in total. The zero-order valence-corrected chi connectivity index (χ0v) is 10.1. The minimum absolute atomic E-state index is 0.720. The van der Waals surface area contributed by atoms with Crippen molar-refractivity contribution in [3.05, 3.63) is 22.8 Å². The fourth-order valence-electron chi connectivity index (χ4n) is 0.736. The molecule has 0 unspecified atom stereocenters. The zero-order valence-electron chi connectivity index (χ0n) is 7.47. The molecule has 0 radical (unpaired) electrons. The monoisotopic (exact) mass is 245 g/mol. The number of nitrogens with zero attached hydrogens (tertiary/aromatic N) is 1. The van der Waals surface area contributed by atoms with E-state index in [0.717, 1.165) is 10.4 Å². The SMILES string of the molecule is C[Si](C)(C)Oc1ccc(Br)cn1. The molecule has 1 heterocycles. The van der Waals surface area contributed by atoms with Gasteiger partial charge in [0.1, 0.15) is 0 Å². The summed E-state index contributed by atoms with van der Waals surface area (Å²) < 4.78 is 6.64. The third kappa shape index (κ3) is 3.36. The number of rotatable bonds is 2. The van der Waals surface area contributed by atoms with Gasteiger partial charge < -0.3 is 4.43 Å². The Balaban J connectivity index is 2.71. The Morgan fingerprint density at radius 1 is 1.33 bits per heavy atom. The molecule has 0 fully saturated rings.